The Kier molecular flexibility index (Phi) is 6.20. The van der Waals surface area contributed by atoms with E-state index in [0.717, 1.165) is 18.7 Å². The Bertz CT molecular complexity index is 350. The molecule has 2 nitrogen and oxygen atoms in total. The molecule has 0 fully saturated rings. The second kappa shape index (κ2) is 7.42. The highest BCUT2D eigenvalue weighted by molar-refractivity contribution is 5.43. The Morgan fingerprint density at radius 3 is 2.22 bits per heavy atom. The lowest BCUT2D eigenvalue weighted by atomic mass is 9.84. The molecular formula is C16H27NO. The molecule has 1 aromatic rings. The molecule has 0 aliphatic carbocycles. The maximum atomic E-state index is 5.65. The molecule has 1 unspecified atom stereocenters. The van der Waals surface area contributed by atoms with Crippen LogP contribution in [-0.4, -0.2) is 13.7 Å². The summed E-state index contributed by atoms with van der Waals surface area (Å²) in [4.78, 5) is 0. The first kappa shape index (κ1) is 15.0. The van der Waals surface area contributed by atoms with Crippen molar-refractivity contribution in [1.82, 2.24) is 0 Å². The van der Waals surface area contributed by atoms with Crippen LogP contribution in [0.5, 0.6) is 5.75 Å². The van der Waals surface area contributed by atoms with Gasteiger partial charge in [-0.05, 0) is 74.4 Å². The zero-order valence-corrected chi connectivity index (χ0v) is 12.3. The summed E-state index contributed by atoms with van der Waals surface area (Å²) in [5.41, 5.74) is 9.86. The first-order valence-electron chi connectivity index (χ1n) is 6.99. The molecule has 0 spiro atoms. The van der Waals surface area contributed by atoms with E-state index in [-0.39, 0.29) is 0 Å². The summed E-state index contributed by atoms with van der Waals surface area (Å²) in [5.74, 6) is 1.60. The second-order valence-corrected chi connectivity index (χ2v) is 5.09. The number of rotatable bonds is 7. The molecule has 0 aliphatic rings. The Hall–Kier alpha value is -1.02. The molecule has 0 amide bonds. The van der Waals surface area contributed by atoms with E-state index >= 15 is 0 Å². The van der Waals surface area contributed by atoms with Crippen LogP contribution in [0.2, 0.25) is 0 Å². The van der Waals surface area contributed by atoms with E-state index < -0.39 is 0 Å². The summed E-state index contributed by atoms with van der Waals surface area (Å²) in [6.45, 7) is 7.42. The van der Waals surface area contributed by atoms with Gasteiger partial charge in [-0.3, -0.25) is 0 Å². The van der Waals surface area contributed by atoms with Gasteiger partial charge in [0.1, 0.15) is 5.75 Å². The third kappa shape index (κ3) is 3.74. The lowest BCUT2D eigenvalue weighted by molar-refractivity contribution is 0.413. The Balaban J connectivity index is 3.02. The SMILES string of the molecule is CCCC(CCCN)c1c(C)cc(OC)cc1C. The van der Waals surface area contributed by atoms with E-state index in [2.05, 4.69) is 32.9 Å². The van der Waals surface area contributed by atoms with Crippen molar-refractivity contribution in [2.24, 2.45) is 5.73 Å². The molecule has 0 bridgehead atoms. The van der Waals surface area contributed by atoms with Crippen molar-refractivity contribution in [3.63, 3.8) is 0 Å². The van der Waals surface area contributed by atoms with Crippen LogP contribution in [0.4, 0.5) is 0 Å². The molecule has 1 atom stereocenters. The summed E-state index contributed by atoms with van der Waals surface area (Å²) in [6.07, 6.45) is 4.77. The fraction of sp³-hybridized carbons (Fsp3) is 0.625. The standard InChI is InChI=1S/C16H27NO/c1-5-7-14(8-6-9-17)16-12(2)10-15(18-4)11-13(16)3/h10-11,14H,5-9,17H2,1-4H3. The average molecular weight is 249 g/mol. The second-order valence-electron chi connectivity index (χ2n) is 5.09. The number of aryl methyl sites for hydroxylation is 2. The third-order valence-corrected chi connectivity index (χ3v) is 3.61. The fourth-order valence-electron chi connectivity index (χ4n) is 2.84. The topological polar surface area (TPSA) is 35.2 Å². The van der Waals surface area contributed by atoms with E-state index in [0.29, 0.717) is 5.92 Å². The van der Waals surface area contributed by atoms with Gasteiger partial charge in [-0.25, -0.2) is 0 Å². The van der Waals surface area contributed by atoms with Gasteiger partial charge >= 0.3 is 0 Å². The molecule has 1 rings (SSSR count). The number of methoxy groups -OCH3 is 1. The van der Waals surface area contributed by atoms with Gasteiger partial charge in [0.15, 0.2) is 0 Å². The van der Waals surface area contributed by atoms with Crippen LogP contribution in [0.3, 0.4) is 0 Å². The molecule has 0 aromatic heterocycles. The molecule has 0 heterocycles. The molecule has 102 valence electrons. The Morgan fingerprint density at radius 1 is 1.17 bits per heavy atom. The predicted octanol–water partition coefficient (Wildman–Crippen LogP) is 3.93. The van der Waals surface area contributed by atoms with Crippen LogP contribution < -0.4 is 10.5 Å². The largest absolute Gasteiger partial charge is 0.497 e. The molecule has 18 heavy (non-hydrogen) atoms. The van der Waals surface area contributed by atoms with Gasteiger partial charge in [-0.1, -0.05) is 13.3 Å². The lowest BCUT2D eigenvalue weighted by Crippen LogP contribution is -2.07. The maximum absolute atomic E-state index is 5.65. The van der Waals surface area contributed by atoms with Crippen molar-refractivity contribution in [1.29, 1.82) is 0 Å². The van der Waals surface area contributed by atoms with Gasteiger partial charge in [0, 0.05) is 0 Å². The van der Waals surface area contributed by atoms with Crippen LogP contribution >= 0.6 is 0 Å². The predicted molar refractivity (Wildman–Crippen MR) is 78.4 cm³/mol. The number of ether oxygens (including phenoxy) is 1. The number of hydrogen-bond donors (Lipinski definition) is 1. The molecule has 0 saturated heterocycles. The third-order valence-electron chi connectivity index (χ3n) is 3.61. The maximum Gasteiger partial charge on any atom is 0.119 e. The minimum absolute atomic E-state index is 0.643. The summed E-state index contributed by atoms with van der Waals surface area (Å²) >= 11 is 0. The lowest BCUT2D eigenvalue weighted by Gasteiger charge is -2.22. The van der Waals surface area contributed by atoms with E-state index in [1.165, 1.54) is 36.0 Å². The van der Waals surface area contributed by atoms with Crippen LogP contribution in [0, 0.1) is 13.8 Å². The monoisotopic (exact) mass is 249 g/mol. The molecule has 0 aliphatic heterocycles. The smallest absolute Gasteiger partial charge is 0.119 e. The van der Waals surface area contributed by atoms with E-state index in [4.69, 9.17) is 10.5 Å². The van der Waals surface area contributed by atoms with Crippen molar-refractivity contribution in [2.45, 2.75) is 52.4 Å². The number of nitrogens with two attached hydrogens (primary N) is 1. The van der Waals surface area contributed by atoms with Crippen LogP contribution in [-0.2, 0) is 0 Å². The molecule has 2 N–H and O–H groups in total. The fourth-order valence-corrected chi connectivity index (χ4v) is 2.84. The normalized spacial score (nSPS) is 12.5. The zero-order valence-electron chi connectivity index (χ0n) is 12.3. The number of hydrogen-bond acceptors (Lipinski definition) is 2. The summed E-state index contributed by atoms with van der Waals surface area (Å²) in [5, 5.41) is 0. The molecule has 0 saturated carbocycles. The van der Waals surface area contributed by atoms with Crippen LogP contribution in [0.15, 0.2) is 12.1 Å². The highest BCUT2D eigenvalue weighted by Crippen LogP contribution is 2.33. The van der Waals surface area contributed by atoms with Gasteiger partial charge in [-0.2, -0.15) is 0 Å². The first-order chi connectivity index (χ1) is 8.63. The van der Waals surface area contributed by atoms with Gasteiger partial charge < -0.3 is 10.5 Å². The highest BCUT2D eigenvalue weighted by atomic mass is 16.5. The minimum atomic E-state index is 0.643. The Labute approximate surface area is 112 Å². The zero-order chi connectivity index (χ0) is 13.5. The molecular weight excluding hydrogens is 222 g/mol. The van der Waals surface area contributed by atoms with Gasteiger partial charge in [-0.15, -0.1) is 0 Å². The van der Waals surface area contributed by atoms with Crippen molar-refractivity contribution in [3.8, 4) is 5.75 Å². The van der Waals surface area contributed by atoms with Gasteiger partial charge in [0.2, 0.25) is 0 Å². The quantitative estimate of drug-likeness (QED) is 0.794. The number of benzene rings is 1. The summed E-state index contributed by atoms with van der Waals surface area (Å²) < 4.78 is 5.33. The first-order valence-corrected chi connectivity index (χ1v) is 6.99. The summed E-state index contributed by atoms with van der Waals surface area (Å²) in [6, 6.07) is 4.29. The average Bonchev–Trinajstić information content (AvgIpc) is 2.34. The Morgan fingerprint density at radius 2 is 1.78 bits per heavy atom. The highest BCUT2D eigenvalue weighted by Gasteiger charge is 2.16. The van der Waals surface area contributed by atoms with Gasteiger partial charge in [0.25, 0.3) is 0 Å². The van der Waals surface area contributed by atoms with Crippen molar-refractivity contribution < 1.29 is 4.74 Å². The van der Waals surface area contributed by atoms with E-state index in [1.807, 2.05) is 0 Å². The molecule has 1 aromatic carbocycles. The van der Waals surface area contributed by atoms with Crippen LogP contribution in [0.25, 0.3) is 0 Å². The molecule has 0 radical (unpaired) electrons. The van der Waals surface area contributed by atoms with Gasteiger partial charge in [0.05, 0.1) is 7.11 Å². The molecule has 2 heteroatoms. The minimum Gasteiger partial charge on any atom is -0.497 e. The van der Waals surface area contributed by atoms with Crippen LogP contribution in [0.1, 0.15) is 55.2 Å². The van der Waals surface area contributed by atoms with Crippen molar-refractivity contribution in [2.75, 3.05) is 13.7 Å². The van der Waals surface area contributed by atoms with Crippen molar-refractivity contribution in [3.05, 3.63) is 28.8 Å². The summed E-state index contributed by atoms with van der Waals surface area (Å²) in [7, 11) is 1.73. The van der Waals surface area contributed by atoms with E-state index in [9.17, 15) is 0 Å². The van der Waals surface area contributed by atoms with Crippen molar-refractivity contribution >= 4 is 0 Å². The van der Waals surface area contributed by atoms with E-state index in [1.54, 1.807) is 7.11 Å².